The number of carbonyl (C=O) groups excluding carboxylic acids is 2. The number of esters is 1. The van der Waals surface area contributed by atoms with Gasteiger partial charge in [0, 0.05) is 18.7 Å². The predicted molar refractivity (Wildman–Crippen MR) is 105 cm³/mol. The fraction of sp³-hybridized carbons (Fsp3) is 0.333. The highest BCUT2D eigenvalue weighted by Gasteiger charge is 2.14. The van der Waals surface area contributed by atoms with Crippen LogP contribution >= 0.6 is 0 Å². The molecule has 0 aliphatic carbocycles. The molecule has 1 heterocycles. The van der Waals surface area contributed by atoms with Crippen LogP contribution in [0, 0.1) is 25.2 Å². The first kappa shape index (κ1) is 21.7. The third-order valence-corrected chi connectivity index (χ3v) is 4.49. The van der Waals surface area contributed by atoms with Crippen LogP contribution in [0.25, 0.3) is 0 Å². The molecule has 0 saturated heterocycles. The van der Waals surface area contributed by atoms with Crippen LogP contribution in [0.5, 0.6) is 5.75 Å². The van der Waals surface area contributed by atoms with E-state index in [1.807, 2.05) is 18.2 Å². The van der Waals surface area contributed by atoms with E-state index in [1.54, 1.807) is 33.1 Å². The monoisotopic (exact) mass is 397 g/mol. The van der Waals surface area contributed by atoms with E-state index in [0.29, 0.717) is 30.0 Å². The van der Waals surface area contributed by atoms with Gasteiger partial charge in [-0.15, -0.1) is 0 Å². The number of aryl methyl sites for hydroxylation is 1. The smallest absolute Gasteiger partial charge is 0.306 e. The molecule has 152 valence electrons. The zero-order chi connectivity index (χ0) is 21.4. The Hall–Kier alpha value is -3.60. The van der Waals surface area contributed by atoms with Gasteiger partial charge in [-0.05, 0) is 49.1 Å². The lowest BCUT2D eigenvalue weighted by Gasteiger charge is -2.11. The van der Waals surface area contributed by atoms with Crippen molar-refractivity contribution in [2.45, 2.75) is 33.2 Å². The number of rotatable bonds is 8. The first-order chi connectivity index (χ1) is 13.8. The minimum Gasteiger partial charge on any atom is -0.497 e. The van der Waals surface area contributed by atoms with Gasteiger partial charge >= 0.3 is 5.97 Å². The number of H-pyrrole nitrogens is 1. The molecular weight excluding hydrogens is 374 g/mol. The molecule has 8 nitrogen and oxygen atoms in total. The van der Waals surface area contributed by atoms with Crippen molar-refractivity contribution in [3.8, 4) is 11.8 Å². The summed E-state index contributed by atoms with van der Waals surface area (Å²) in [6.45, 7) is 3.30. The molecule has 2 aromatic rings. The number of hydrogen-bond donors (Lipinski definition) is 2. The molecule has 2 rings (SSSR count). The Labute approximate surface area is 168 Å². The number of carbonyl (C=O) groups is 2. The van der Waals surface area contributed by atoms with Crippen molar-refractivity contribution in [3.63, 3.8) is 0 Å². The van der Waals surface area contributed by atoms with Gasteiger partial charge in [0.1, 0.15) is 17.4 Å². The molecule has 0 radical (unpaired) electrons. The normalized spacial score (nSPS) is 10.1. The van der Waals surface area contributed by atoms with Crippen LogP contribution in [0.2, 0.25) is 0 Å². The van der Waals surface area contributed by atoms with Crippen LogP contribution in [0.1, 0.15) is 34.4 Å². The third kappa shape index (κ3) is 5.94. The van der Waals surface area contributed by atoms with Gasteiger partial charge in [-0.25, -0.2) is 0 Å². The highest BCUT2D eigenvalue weighted by Crippen LogP contribution is 2.15. The molecule has 1 aromatic heterocycles. The summed E-state index contributed by atoms with van der Waals surface area (Å²) in [5.41, 5.74) is 2.34. The molecular formula is C21H23N3O5. The summed E-state index contributed by atoms with van der Waals surface area (Å²) < 4.78 is 10.1. The summed E-state index contributed by atoms with van der Waals surface area (Å²) in [5, 5.41) is 11.8. The number of ether oxygens (including phenoxy) is 2. The van der Waals surface area contributed by atoms with Crippen LogP contribution in [-0.2, 0) is 27.3 Å². The Morgan fingerprint density at radius 1 is 1.28 bits per heavy atom. The van der Waals surface area contributed by atoms with E-state index in [0.717, 1.165) is 11.1 Å². The number of benzene rings is 1. The Kier molecular flexibility index (Phi) is 7.54. The Morgan fingerprint density at radius 2 is 2.03 bits per heavy atom. The van der Waals surface area contributed by atoms with Gasteiger partial charge in [-0.2, -0.15) is 5.26 Å². The van der Waals surface area contributed by atoms with E-state index < -0.39 is 17.4 Å². The SMILES string of the molecule is COc1cccc(CNC(=O)COC(=O)CCc2c(C)[nH]c(=O)c(C#N)c2C)c1. The van der Waals surface area contributed by atoms with E-state index in [1.165, 1.54) is 0 Å². The van der Waals surface area contributed by atoms with Crippen LogP contribution in [0.3, 0.4) is 0 Å². The number of nitrogens with zero attached hydrogens (tertiary/aromatic N) is 1. The third-order valence-electron chi connectivity index (χ3n) is 4.49. The highest BCUT2D eigenvalue weighted by atomic mass is 16.5. The van der Waals surface area contributed by atoms with Crippen LogP contribution in [0.4, 0.5) is 0 Å². The van der Waals surface area contributed by atoms with Gasteiger partial charge < -0.3 is 19.8 Å². The molecule has 2 N–H and O–H groups in total. The van der Waals surface area contributed by atoms with Crippen molar-refractivity contribution in [2.75, 3.05) is 13.7 Å². The first-order valence-corrected chi connectivity index (χ1v) is 9.03. The van der Waals surface area contributed by atoms with Gasteiger partial charge in [0.05, 0.1) is 7.11 Å². The van der Waals surface area contributed by atoms with Crippen molar-refractivity contribution in [2.24, 2.45) is 0 Å². The molecule has 0 atom stereocenters. The lowest BCUT2D eigenvalue weighted by Crippen LogP contribution is -2.28. The van der Waals surface area contributed by atoms with Gasteiger partial charge in [0.15, 0.2) is 6.61 Å². The Balaban J connectivity index is 1.82. The van der Waals surface area contributed by atoms with E-state index >= 15 is 0 Å². The van der Waals surface area contributed by atoms with Gasteiger partial charge in [0.25, 0.3) is 11.5 Å². The van der Waals surface area contributed by atoms with Crippen molar-refractivity contribution in [3.05, 3.63) is 62.6 Å². The molecule has 0 aliphatic heterocycles. The van der Waals surface area contributed by atoms with Crippen molar-refractivity contribution in [1.29, 1.82) is 5.26 Å². The minimum absolute atomic E-state index is 0.0295. The predicted octanol–water partition coefficient (Wildman–Crippen LogP) is 1.66. The molecule has 0 bridgehead atoms. The number of nitrogens with one attached hydrogen (secondary N) is 2. The quantitative estimate of drug-likeness (QED) is 0.654. The summed E-state index contributed by atoms with van der Waals surface area (Å²) in [6.07, 6.45) is 0.329. The molecule has 8 heteroatoms. The van der Waals surface area contributed by atoms with Crippen molar-refractivity contribution in [1.82, 2.24) is 10.3 Å². The lowest BCUT2D eigenvalue weighted by atomic mass is 9.99. The van der Waals surface area contributed by atoms with Crippen LogP contribution < -0.4 is 15.6 Å². The Morgan fingerprint density at radius 3 is 2.72 bits per heavy atom. The van der Waals surface area contributed by atoms with Gasteiger partial charge in [0.2, 0.25) is 0 Å². The number of pyridine rings is 1. The molecule has 0 unspecified atom stereocenters. The van der Waals surface area contributed by atoms with Gasteiger partial charge in [-0.1, -0.05) is 12.1 Å². The maximum Gasteiger partial charge on any atom is 0.306 e. The number of aromatic amines is 1. The average molecular weight is 397 g/mol. The molecule has 29 heavy (non-hydrogen) atoms. The number of aromatic nitrogens is 1. The average Bonchev–Trinajstić information content (AvgIpc) is 2.70. The summed E-state index contributed by atoms with van der Waals surface area (Å²) in [4.78, 5) is 38.2. The molecule has 1 amide bonds. The maximum absolute atomic E-state index is 12.0. The van der Waals surface area contributed by atoms with E-state index in [4.69, 9.17) is 14.7 Å². The summed E-state index contributed by atoms with van der Waals surface area (Å²) in [7, 11) is 1.56. The largest absolute Gasteiger partial charge is 0.497 e. The lowest BCUT2D eigenvalue weighted by molar-refractivity contribution is -0.148. The number of hydrogen-bond acceptors (Lipinski definition) is 6. The van der Waals surface area contributed by atoms with E-state index in [9.17, 15) is 14.4 Å². The summed E-state index contributed by atoms with van der Waals surface area (Å²) in [6, 6.07) is 9.14. The molecule has 0 fully saturated rings. The molecule has 0 spiro atoms. The van der Waals surface area contributed by atoms with Crippen LogP contribution in [0.15, 0.2) is 29.1 Å². The van der Waals surface area contributed by atoms with Crippen LogP contribution in [-0.4, -0.2) is 30.6 Å². The second kappa shape index (κ2) is 10.1. The number of nitriles is 1. The van der Waals surface area contributed by atoms with E-state index in [2.05, 4.69) is 10.3 Å². The fourth-order valence-corrected chi connectivity index (χ4v) is 2.90. The second-order valence-corrected chi connectivity index (χ2v) is 6.46. The topological polar surface area (TPSA) is 121 Å². The number of amides is 1. The zero-order valence-electron chi connectivity index (χ0n) is 16.6. The Bertz CT molecular complexity index is 1000. The molecule has 1 aromatic carbocycles. The zero-order valence-corrected chi connectivity index (χ0v) is 16.6. The van der Waals surface area contributed by atoms with E-state index in [-0.39, 0.29) is 18.6 Å². The minimum atomic E-state index is -0.537. The maximum atomic E-state index is 12.0. The standard InChI is InChI=1S/C21H23N3O5/c1-13-17(14(2)24-21(27)18(13)10-22)7-8-20(26)29-12-19(25)23-11-15-5-4-6-16(9-15)28-3/h4-6,9H,7-8,11-12H2,1-3H3,(H,23,25)(H,24,27). The second-order valence-electron chi connectivity index (χ2n) is 6.46. The van der Waals surface area contributed by atoms with Crippen molar-refractivity contribution >= 4 is 11.9 Å². The van der Waals surface area contributed by atoms with Crippen molar-refractivity contribution < 1.29 is 19.1 Å². The molecule has 0 aliphatic rings. The van der Waals surface area contributed by atoms with Gasteiger partial charge in [-0.3, -0.25) is 14.4 Å². The summed E-state index contributed by atoms with van der Waals surface area (Å²) >= 11 is 0. The first-order valence-electron chi connectivity index (χ1n) is 9.03. The fourth-order valence-electron chi connectivity index (χ4n) is 2.90. The number of methoxy groups -OCH3 is 1. The highest BCUT2D eigenvalue weighted by molar-refractivity contribution is 5.80. The summed E-state index contributed by atoms with van der Waals surface area (Å²) in [5.74, 6) is -0.259. The molecule has 0 saturated carbocycles.